The van der Waals surface area contributed by atoms with E-state index in [2.05, 4.69) is 5.32 Å². The summed E-state index contributed by atoms with van der Waals surface area (Å²) in [4.78, 5) is 27.0. The molecule has 27 heavy (non-hydrogen) atoms. The van der Waals surface area contributed by atoms with E-state index in [9.17, 15) is 9.59 Å². The lowest BCUT2D eigenvalue weighted by Crippen LogP contribution is -2.48. The molecule has 2 aliphatic heterocycles. The van der Waals surface area contributed by atoms with E-state index in [0.29, 0.717) is 24.5 Å². The Morgan fingerprint density at radius 1 is 1.22 bits per heavy atom. The molecule has 2 atom stereocenters. The van der Waals surface area contributed by atoms with Crippen molar-refractivity contribution in [2.24, 2.45) is 0 Å². The van der Waals surface area contributed by atoms with Crippen molar-refractivity contribution in [1.82, 2.24) is 4.90 Å². The van der Waals surface area contributed by atoms with Gasteiger partial charge in [-0.15, -0.1) is 11.8 Å². The molecule has 0 saturated carbocycles. The van der Waals surface area contributed by atoms with Crippen LogP contribution in [0.15, 0.2) is 54.6 Å². The highest BCUT2D eigenvalue weighted by Crippen LogP contribution is 2.54. The number of carbonyl (C=O) groups is 2. The van der Waals surface area contributed by atoms with Gasteiger partial charge >= 0.3 is 0 Å². The first-order chi connectivity index (χ1) is 13.1. The number of rotatable bonds is 5. The highest BCUT2D eigenvalue weighted by atomic mass is 32.2. The number of hydrogen-bond donors (Lipinski definition) is 1. The van der Waals surface area contributed by atoms with E-state index in [1.165, 1.54) is 0 Å². The van der Waals surface area contributed by atoms with Crippen LogP contribution in [0.2, 0.25) is 0 Å². The quantitative estimate of drug-likeness (QED) is 0.858. The predicted octanol–water partition coefficient (Wildman–Crippen LogP) is 3.61. The summed E-state index contributed by atoms with van der Waals surface area (Å²) in [7, 11) is 0. The second-order valence-electron chi connectivity index (χ2n) is 6.69. The summed E-state index contributed by atoms with van der Waals surface area (Å²) >= 11 is 1.70. The van der Waals surface area contributed by atoms with Gasteiger partial charge in [-0.25, -0.2) is 0 Å². The summed E-state index contributed by atoms with van der Waals surface area (Å²) in [5.41, 5.74) is 1.80. The van der Waals surface area contributed by atoms with Crippen LogP contribution in [0.5, 0.6) is 5.75 Å². The molecular weight excluding hydrogens is 360 g/mol. The van der Waals surface area contributed by atoms with Gasteiger partial charge in [0.1, 0.15) is 16.7 Å². The number of anilines is 1. The van der Waals surface area contributed by atoms with Crippen LogP contribution in [-0.4, -0.2) is 35.1 Å². The van der Waals surface area contributed by atoms with Gasteiger partial charge in [-0.1, -0.05) is 30.3 Å². The average molecular weight is 382 g/mol. The lowest BCUT2D eigenvalue weighted by molar-refractivity contribution is -0.136. The van der Waals surface area contributed by atoms with E-state index in [1.54, 1.807) is 16.7 Å². The van der Waals surface area contributed by atoms with Crippen LogP contribution < -0.4 is 10.1 Å². The van der Waals surface area contributed by atoms with Gasteiger partial charge < -0.3 is 15.0 Å². The Hall–Kier alpha value is -2.47. The van der Waals surface area contributed by atoms with Crippen molar-refractivity contribution in [2.45, 2.75) is 30.7 Å². The lowest BCUT2D eigenvalue weighted by Gasteiger charge is -2.34. The van der Waals surface area contributed by atoms with Crippen molar-refractivity contribution in [3.8, 4) is 5.75 Å². The molecular formula is C21H22N2O3S. The van der Waals surface area contributed by atoms with Crippen LogP contribution in [0.3, 0.4) is 0 Å². The minimum absolute atomic E-state index is 0.0516. The maximum atomic E-state index is 12.9. The zero-order chi connectivity index (χ0) is 18.9. The zero-order valence-electron chi connectivity index (χ0n) is 15.2. The Morgan fingerprint density at radius 3 is 2.67 bits per heavy atom. The molecule has 6 heteroatoms. The highest BCUT2D eigenvalue weighted by Gasteiger charge is 2.56. The van der Waals surface area contributed by atoms with E-state index in [-0.39, 0.29) is 11.8 Å². The van der Waals surface area contributed by atoms with Crippen LogP contribution in [0, 0.1) is 0 Å². The number of ether oxygens (including phenoxy) is 1. The summed E-state index contributed by atoms with van der Waals surface area (Å²) in [6.45, 7) is 2.53. The molecule has 2 fully saturated rings. The standard InChI is InChI=1S/C21H22N2O3S/c1-2-26-17-10-8-16(9-11-17)22-20(25)18-14-27-21(13-12-19(24)23(18)21)15-6-4-3-5-7-15/h3-11,18H,2,12-14H2,1H3,(H,22,25)/t18-,21+/m0/s1. The van der Waals surface area contributed by atoms with E-state index in [0.717, 1.165) is 17.7 Å². The summed E-state index contributed by atoms with van der Waals surface area (Å²) in [5, 5.41) is 2.95. The van der Waals surface area contributed by atoms with Crippen molar-refractivity contribution in [3.63, 3.8) is 0 Å². The molecule has 2 amide bonds. The first kappa shape index (κ1) is 17.9. The van der Waals surface area contributed by atoms with Crippen LogP contribution in [0.25, 0.3) is 0 Å². The molecule has 2 aromatic rings. The zero-order valence-corrected chi connectivity index (χ0v) is 16.0. The van der Waals surface area contributed by atoms with Gasteiger partial charge in [-0.05, 0) is 43.2 Å². The van der Waals surface area contributed by atoms with Crippen molar-refractivity contribution >= 4 is 29.3 Å². The van der Waals surface area contributed by atoms with E-state index in [1.807, 2.05) is 61.5 Å². The second kappa shape index (κ2) is 7.27. The lowest BCUT2D eigenvalue weighted by atomic mass is 10.0. The third-order valence-electron chi connectivity index (χ3n) is 5.09. The van der Waals surface area contributed by atoms with Crippen LogP contribution in [0.1, 0.15) is 25.3 Å². The molecule has 0 spiro atoms. The number of hydrogen-bond acceptors (Lipinski definition) is 4. The molecule has 0 unspecified atom stereocenters. The monoisotopic (exact) mass is 382 g/mol. The Kier molecular flexibility index (Phi) is 4.83. The smallest absolute Gasteiger partial charge is 0.248 e. The molecule has 4 rings (SSSR count). The SMILES string of the molecule is CCOc1ccc(NC(=O)[C@@H]2CS[C@@]3(c4ccccc4)CCC(=O)N23)cc1. The minimum Gasteiger partial charge on any atom is -0.494 e. The number of nitrogens with zero attached hydrogens (tertiary/aromatic N) is 1. The minimum atomic E-state index is -0.461. The Labute approximate surface area is 163 Å². The molecule has 0 bridgehead atoms. The Morgan fingerprint density at radius 2 is 1.96 bits per heavy atom. The fraction of sp³-hybridized carbons (Fsp3) is 0.333. The van der Waals surface area contributed by atoms with Crippen molar-refractivity contribution in [1.29, 1.82) is 0 Å². The number of amides is 2. The van der Waals surface area contributed by atoms with Gasteiger partial charge in [0.05, 0.1) is 6.61 Å². The predicted molar refractivity (Wildman–Crippen MR) is 107 cm³/mol. The molecule has 2 heterocycles. The second-order valence-corrected chi connectivity index (χ2v) is 7.98. The summed E-state index contributed by atoms with van der Waals surface area (Å²) in [6.07, 6.45) is 1.22. The van der Waals surface area contributed by atoms with Crippen molar-refractivity contribution in [3.05, 3.63) is 60.2 Å². The summed E-state index contributed by atoms with van der Waals surface area (Å²) < 4.78 is 5.43. The van der Waals surface area contributed by atoms with Gasteiger partial charge in [0.25, 0.3) is 0 Å². The molecule has 0 aromatic heterocycles. The Balaban J connectivity index is 1.54. The average Bonchev–Trinajstić information content (AvgIpc) is 3.24. The molecule has 5 nitrogen and oxygen atoms in total. The largest absolute Gasteiger partial charge is 0.494 e. The van der Waals surface area contributed by atoms with Crippen molar-refractivity contribution < 1.29 is 14.3 Å². The first-order valence-corrected chi connectivity index (χ1v) is 10.2. The van der Waals surface area contributed by atoms with E-state index in [4.69, 9.17) is 4.74 Å². The number of carbonyl (C=O) groups excluding carboxylic acids is 2. The molecule has 140 valence electrons. The molecule has 1 N–H and O–H groups in total. The van der Waals surface area contributed by atoms with Crippen LogP contribution >= 0.6 is 11.8 Å². The topological polar surface area (TPSA) is 58.6 Å². The highest BCUT2D eigenvalue weighted by molar-refractivity contribution is 8.00. The summed E-state index contributed by atoms with van der Waals surface area (Å²) in [6, 6.07) is 16.9. The normalized spacial score (nSPS) is 24.0. The van der Waals surface area contributed by atoms with Gasteiger partial charge in [-0.2, -0.15) is 0 Å². The van der Waals surface area contributed by atoms with Crippen LogP contribution in [-0.2, 0) is 14.5 Å². The number of fused-ring (bicyclic) bond motifs is 1. The van der Waals surface area contributed by atoms with E-state index < -0.39 is 10.9 Å². The molecule has 0 aliphatic carbocycles. The third-order valence-corrected chi connectivity index (χ3v) is 6.68. The molecule has 2 saturated heterocycles. The number of thioether (sulfide) groups is 1. The fourth-order valence-electron chi connectivity index (χ4n) is 3.86. The summed E-state index contributed by atoms with van der Waals surface area (Å²) in [5.74, 6) is 1.28. The number of nitrogens with one attached hydrogen (secondary N) is 1. The fourth-order valence-corrected chi connectivity index (χ4v) is 5.51. The van der Waals surface area contributed by atoms with Gasteiger partial charge in [0.15, 0.2) is 0 Å². The van der Waals surface area contributed by atoms with Gasteiger partial charge in [-0.3, -0.25) is 9.59 Å². The maximum Gasteiger partial charge on any atom is 0.248 e. The van der Waals surface area contributed by atoms with E-state index >= 15 is 0 Å². The molecule has 2 aromatic carbocycles. The Bertz CT molecular complexity index is 840. The van der Waals surface area contributed by atoms with Crippen molar-refractivity contribution in [2.75, 3.05) is 17.7 Å². The van der Waals surface area contributed by atoms with Gasteiger partial charge in [0.2, 0.25) is 11.8 Å². The third kappa shape index (κ3) is 3.18. The van der Waals surface area contributed by atoms with Crippen LogP contribution in [0.4, 0.5) is 5.69 Å². The number of benzene rings is 2. The first-order valence-electron chi connectivity index (χ1n) is 9.19. The maximum absolute atomic E-state index is 12.9. The molecule has 0 radical (unpaired) electrons. The van der Waals surface area contributed by atoms with Gasteiger partial charge in [0, 0.05) is 17.9 Å². The molecule has 2 aliphatic rings.